The first-order valence-electron chi connectivity index (χ1n) is 9.60. The van der Waals surface area contributed by atoms with Gasteiger partial charge in [0, 0.05) is 39.3 Å². The molecule has 3 rings (SSSR count). The number of hydrogen-bond donors (Lipinski definition) is 0. The lowest BCUT2D eigenvalue weighted by Crippen LogP contribution is -2.49. The van der Waals surface area contributed by atoms with Gasteiger partial charge < -0.3 is 9.64 Å². The molecule has 0 radical (unpaired) electrons. The van der Waals surface area contributed by atoms with Crippen molar-refractivity contribution < 1.29 is 26.3 Å². The van der Waals surface area contributed by atoms with Gasteiger partial charge in [-0.15, -0.1) is 0 Å². The van der Waals surface area contributed by atoms with Crippen molar-refractivity contribution in [1.29, 1.82) is 0 Å². The van der Waals surface area contributed by atoms with Gasteiger partial charge in [-0.3, -0.25) is 0 Å². The third-order valence-corrected chi connectivity index (χ3v) is 7.60. The lowest BCUT2D eigenvalue weighted by molar-refractivity contribution is -0.137. The molecule has 0 amide bonds. The monoisotopic (exact) mass is 420 g/mol. The van der Waals surface area contributed by atoms with Crippen molar-refractivity contribution in [3.8, 4) is 0 Å². The largest absolute Gasteiger partial charge is 0.416 e. The third-order valence-electron chi connectivity index (χ3n) is 5.75. The molecule has 2 aliphatic rings. The highest BCUT2D eigenvalue weighted by Gasteiger charge is 2.34. The van der Waals surface area contributed by atoms with Gasteiger partial charge in [-0.2, -0.15) is 13.2 Å². The fourth-order valence-electron chi connectivity index (χ4n) is 4.10. The lowest BCUT2D eigenvalue weighted by atomic mass is 10.00. The zero-order valence-corrected chi connectivity index (χ0v) is 16.8. The molecule has 5 nitrogen and oxygen atoms in total. The number of nitrogens with zero attached hydrogens (tertiary/aromatic N) is 2. The molecule has 0 spiro atoms. The average molecular weight is 420 g/mol. The van der Waals surface area contributed by atoms with E-state index in [-0.39, 0.29) is 5.56 Å². The van der Waals surface area contributed by atoms with Crippen molar-refractivity contribution in [1.82, 2.24) is 9.21 Å². The van der Waals surface area contributed by atoms with Crippen LogP contribution in [0.4, 0.5) is 13.2 Å². The van der Waals surface area contributed by atoms with E-state index in [1.165, 1.54) is 16.4 Å². The molecule has 158 valence electrons. The van der Waals surface area contributed by atoms with Crippen LogP contribution >= 0.6 is 0 Å². The van der Waals surface area contributed by atoms with Gasteiger partial charge >= 0.3 is 6.18 Å². The first-order chi connectivity index (χ1) is 13.2. The fourth-order valence-corrected chi connectivity index (χ4v) is 5.65. The molecule has 1 aromatic carbocycles. The van der Waals surface area contributed by atoms with Crippen LogP contribution in [0.1, 0.15) is 36.8 Å². The van der Waals surface area contributed by atoms with Crippen molar-refractivity contribution in [3.05, 3.63) is 35.4 Å². The Morgan fingerprint density at radius 2 is 1.71 bits per heavy atom. The van der Waals surface area contributed by atoms with Gasteiger partial charge in [-0.1, -0.05) is 18.2 Å². The summed E-state index contributed by atoms with van der Waals surface area (Å²) in [4.78, 5) is 2.41. The lowest BCUT2D eigenvalue weighted by Gasteiger charge is -2.41. The molecule has 9 heteroatoms. The van der Waals surface area contributed by atoms with Crippen LogP contribution in [0.15, 0.2) is 24.3 Å². The van der Waals surface area contributed by atoms with Gasteiger partial charge in [0.05, 0.1) is 17.4 Å². The Morgan fingerprint density at radius 1 is 1.07 bits per heavy atom. The Kier molecular flexibility index (Phi) is 6.69. The Hall–Kier alpha value is -1.16. The molecule has 0 atom stereocenters. The van der Waals surface area contributed by atoms with Crippen LogP contribution in [0.3, 0.4) is 0 Å². The van der Waals surface area contributed by atoms with E-state index >= 15 is 0 Å². The highest BCUT2D eigenvalue weighted by atomic mass is 32.2. The van der Waals surface area contributed by atoms with Crippen molar-refractivity contribution in [2.75, 3.05) is 33.3 Å². The van der Waals surface area contributed by atoms with Crippen molar-refractivity contribution >= 4 is 10.0 Å². The van der Waals surface area contributed by atoms with E-state index in [1.807, 2.05) is 0 Å². The molecule has 2 fully saturated rings. The molecule has 2 saturated heterocycles. The summed E-state index contributed by atoms with van der Waals surface area (Å²) in [6.07, 6.45) is -0.688. The Bertz CT molecular complexity index is 754. The summed E-state index contributed by atoms with van der Waals surface area (Å²) >= 11 is 0. The quantitative estimate of drug-likeness (QED) is 0.735. The molecule has 0 unspecified atom stereocenters. The number of hydrogen-bond acceptors (Lipinski definition) is 4. The van der Waals surface area contributed by atoms with Crippen LogP contribution in [-0.4, -0.2) is 63.1 Å². The summed E-state index contributed by atoms with van der Waals surface area (Å²) < 4.78 is 70.8. The van der Waals surface area contributed by atoms with Gasteiger partial charge in [0.2, 0.25) is 10.0 Å². The summed E-state index contributed by atoms with van der Waals surface area (Å²) in [6.45, 7) is 2.74. The Labute approximate surface area is 164 Å². The Balaban J connectivity index is 1.56. The smallest absolute Gasteiger partial charge is 0.381 e. The average Bonchev–Trinajstić information content (AvgIpc) is 2.67. The first kappa shape index (κ1) is 21.5. The molecule has 0 aromatic heterocycles. The minimum atomic E-state index is -4.48. The van der Waals surface area contributed by atoms with Gasteiger partial charge in [-0.05, 0) is 37.3 Å². The summed E-state index contributed by atoms with van der Waals surface area (Å²) in [5.41, 5.74) is -0.656. The highest BCUT2D eigenvalue weighted by molar-refractivity contribution is 7.88. The van der Waals surface area contributed by atoms with Crippen molar-refractivity contribution in [3.63, 3.8) is 0 Å². The molecule has 2 aliphatic heterocycles. The van der Waals surface area contributed by atoms with Crippen LogP contribution < -0.4 is 0 Å². The number of benzene rings is 1. The molecule has 1 aromatic rings. The normalized spacial score (nSPS) is 21.9. The van der Waals surface area contributed by atoms with E-state index in [0.29, 0.717) is 25.2 Å². The van der Waals surface area contributed by atoms with Gasteiger partial charge in [0.25, 0.3) is 0 Å². The minimum absolute atomic E-state index is 0.165. The molecular formula is C19H27F3N2O3S. The van der Waals surface area contributed by atoms with Crippen LogP contribution in [0.5, 0.6) is 0 Å². The molecule has 2 heterocycles. The van der Waals surface area contributed by atoms with Crippen LogP contribution in [-0.2, 0) is 26.7 Å². The van der Waals surface area contributed by atoms with Gasteiger partial charge in [-0.25, -0.2) is 12.7 Å². The molecule has 0 bridgehead atoms. The van der Waals surface area contributed by atoms with Gasteiger partial charge in [0.1, 0.15) is 0 Å². The van der Waals surface area contributed by atoms with E-state index in [4.69, 9.17) is 4.74 Å². The zero-order valence-electron chi connectivity index (χ0n) is 16.0. The number of halogens is 3. The second-order valence-electron chi connectivity index (χ2n) is 7.56. The van der Waals surface area contributed by atoms with Crippen LogP contribution in [0.2, 0.25) is 0 Å². The number of ether oxygens (including phenoxy) is 1. The van der Waals surface area contributed by atoms with E-state index in [9.17, 15) is 21.6 Å². The number of alkyl halides is 3. The maximum absolute atomic E-state index is 12.8. The van der Waals surface area contributed by atoms with Crippen LogP contribution in [0.25, 0.3) is 0 Å². The molecule has 0 aliphatic carbocycles. The van der Waals surface area contributed by atoms with Crippen molar-refractivity contribution in [2.24, 2.45) is 0 Å². The minimum Gasteiger partial charge on any atom is -0.381 e. The second kappa shape index (κ2) is 8.69. The summed E-state index contributed by atoms with van der Waals surface area (Å²) in [7, 11) is -1.91. The number of sulfonamides is 1. The van der Waals surface area contributed by atoms with E-state index in [2.05, 4.69) is 4.90 Å². The fraction of sp³-hybridized carbons (Fsp3) is 0.684. The summed E-state index contributed by atoms with van der Waals surface area (Å²) in [6, 6.07) is 4.92. The zero-order chi connectivity index (χ0) is 20.4. The number of methoxy groups -OCH3 is 1. The molecule has 0 saturated carbocycles. The van der Waals surface area contributed by atoms with E-state index in [1.54, 1.807) is 7.11 Å². The van der Waals surface area contributed by atoms with E-state index in [0.717, 1.165) is 50.9 Å². The van der Waals surface area contributed by atoms with Crippen molar-refractivity contribution in [2.45, 2.75) is 49.8 Å². The number of piperidine rings is 2. The van der Waals surface area contributed by atoms with Crippen LogP contribution in [0, 0.1) is 0 Å². The SMILES string of the molecule is COC1CCN(C2CCN(S(=O)(=O)Cc3cccc(C(F)(F)F)c3)CC2)CC1. The topological polar surface area (TPSA) is 49.9 Å². The summed E-state index contributed by atoms with van der Waals surface area (Å²) in [5, 5.41) is 0. The maximum Gasteiger partial charge on any atom is 0.416 e. The maximum atomic E-state index is 12.8. The second-order valence-corrected chi connectivity index (χ2v) is 9.52. The predicted molar refractivity (Wildman–Crippen MR) is 100 cm³/mol. The third kappa shape index (κ3) is 5.25. The van der Waals surface area contributed by atoms with Gasteiger partial charge in [0.15, 0.2) is 0 Å². The molecule has 28 heavy (non-hydrogen) atoms. The molecule has 0 N–H and O–H groups in total. The summed E-state index contributed by atoms with van der Waals surface area (Å²) in [5.74, 6) is -0.402. The number of rotatable bonds is 5. The predicted octanol–water partition coefficient (Wildman–Crippen LogP) is 3.11. The number of likely N-dealkylation sites (tertiary alicyclic amines) is 1. The standard InChI is InChI=1S/C19H27F3N2O3S/c1-27-18-7-9-23(10-8-18)17-5-11-24(12-6-17)28(25,26)14-15-3-2-4-16(13-15)19(20,21)22/h2-4,13,17-18H,5-12,14H2,1H3. The molecular weight excluding hydrogens is 393 g/mol. The first-order valence-corrected chi connectivity index (χ1v) is 11.2. The van der Waals surface area contributed by atoms with E-state index < -0.39 is 27.5 Å². The Morgan fingerprint density at radius 3 is 2.29 bits per heavy atom. The highest BCUT2D eigenvalue weighted by Crippen LogP contribution is 2.30.